The highest BCUT2D eigenvalue weighted by Crippen LogP contribution is 2.32. The van der Waals surface area contributed by atoms with Crippen LogP contribution < -0.4 is 10.2 Å². The highest BCUT2D eigenvalue weighted by atomic mass is 35.5. The van der Waals surface area contributed by atoms with Gasteiger partial charge in [-0.15, -0.1) is 0 Å². The van der Waals surface area contributed by atoms with Gasteiger partial charge in [-0.05, 0) is 45.7 Å². The van der Waals surface area contributed by atoms with Crippen molar-refractivity contribution in [1.29, 1.82) is 0 Å². The van der Waals surface area contributed by atoms with Crippen molar-refractivity contribution in [3.63, 3.8) is 0 Å². The van der Waals surface area contributed by atoms with Gasteiger partial charge in [0.2, 0.25) is 0 Å². The normalized spacial score (nSPS) is 17.0. The lowest BCUT2D eigenvalue weighted by Gasteiger charge is -2.35. The Morgan fingerprint density at radius 2 is 1.86 bits per heavy atom. The topological polar surface area (TPSA) is 15.3 Å². The molecule has 1 fully saturated rings. The standard InChI is InChI=1S/C18H29ClN2/c1-18(2,3)20-13-15-16(19)11-8-12-17(15)21(4)14-9-6-5-7-10-14/h8,11-12,14,20H,5-7,9-10,13H2,1-4H3. The fourth-order valence-electron chi connectivity index (χ4n) is 3.07. The minimum absolute atomic E-state index is 0.0971. The summed E-state index contributed by atoms with van der Waals surface area (Å²) in [6, 6.07) is 6.93. The predicted octanol–water partition coefficient (Wildman–Crippen LogP) is 5.00. The molecule has 0 heterocycles. The van der Waals surface area contributed by atoms with E-state index in [1.54, 1.807) is 0 Å². The Kier molecular flexibility index (Phi) is 5.56. The van der Waals surface area contributed by atoms with Crippen LogP contribution in [-0.4, -0.2) is 18.6 Å². The van der Waals surface area contributed by atoms with E-state index >= 15 is 0 Å². The van der Waals surface area contributed by atoms with Gasteiger partial charge in [0.05, 0.1) is 0 Å². The quantitative estimate of drug-likeness (QED) is 0.842. The maximum Gasteiger partial charge on any atom is 0.0471 e. The molecule has 2 rings (SSSR count). The molecule has 0 amide bonds. The van der Waals surface area contributed by atoms with Crippen molar-refractivity contribution in [3.8, 4) is 0 Å². The Labute approximate surface area is 134 Å². The molecule has 1 aliphatic rings. The molecule has 1 aromatic rings. The Morgan fingerprint density at radius 1 is 1.19 bits per heavy atom. The highest BCUT2D eigenvalue weighted by molar-refractivity contribution is 6.31. The van der Waals surface area contributed by atoms with Gasteiger partial charge in [-0.3, -0.25) is 0 Å². The molecule has 0 saturated heterocycles. The van der Waals surface area contributed by atoms with Gasteiger partial charge >= 0.3 is 0 Å². The highest BCUT2D eigenvalue weighted by Gasteiger charge is 2.21. The summed E-state index contributed by atoms with van der Waals surface area (Å²) in [4.78, 5) is 2.45. The van der Waals surface area contributed by atoms with E-state index in [0.717, 1.165) is 11.6 Å². The predicted molar refractivity (Wildman–Crippen MR) is 93.3 cm³/mol. The molecule has 0 radical (unpaired) electrons. The first-order chi connectivity index (χ1) is 9.88. The molecular weight excluding hydrogens is 280 g/mol. The monoisotopic (exact) mass is 308 g/mol. The van der Waals surface area contributed by atoms with Crippen molar-refractivity contribution in [2.45, 2.75) is 71.0 Å². The molecule has 1 saturated carbocycles. The SMILES string of the molecule is CN(c1cccc(Cl)c1CNC(C)(C)C)C1CCCCC1. The summed E-state index contributed by atoms with van der Waals surface area (Å²) in [7, 11) is 2.22. The third-order valence-corrected chi connectivity index (χ3v) is 4.75. The van der Waals surface area contributed by atoms with Crippen LogP contribution in [0.4, 0.5) is 5.69 Å². The van der Waals surface area contributed by atoms with Gasteiger partial charge in [-0.1, -0.05) is 36.9 Å². The minimum Gasteiger partial charge on any atom is -0.371 e. The van der Waals surface area contributed by atoms with Crippen molar-refractivity contribution in [3.05, 3.63) is 28.8 Å². The number of rotatable bonds is 4. The molecule has 0 spiro atoms. The van der Waals surface area contributed by atoms with E-state index < -0.39 is 0 Å². The fraction of sp³-hybridized carbons (Fsp3) is 0.667. The van der Waals surface area contributed by atoms with E-state index in [2.05, 4.69) is 50.2 Å². The molecule has 0 atom stereocenters. The lowest BCUT2D eigenvalue weighted by atomic mass is 9.93. The van der Waals surface area contributed by atoms with Crippen molar-refractivity contribution in [2.24, 2.45) is 0 Å². The maximum atomic E-state index is 6.47. The number of nitrogens with zero attached hydrogens (tertiary/aromatic N) is 1. The van der Waals surface area contributed by atoms with Gasteiger partial charge in [0.1, 0.15) is 0 Å². The third kappa shape index (κ3) is 4.62. The van der Waals surface area contributed by atoms with Crippen LogP contribution in [-0.2, 0) is 6.54 Å². The van der Waals surface area contributed by atoms with Crippen LogP contribution in [0.3, 0.4) is 0 Å². The zero-order valence-electron chi connectivity index (χ0n) is 13.9. The number of hydrogen-bond acceptors (Lipinski definition) is 2. The second kappa shape index (κ2) is 7.02. The van der Waals surface area contributed by atoms with Gasteiger partial charge in [0.15, 0.2) is 0 Å². The Bertz CT molecular complexity index is 459. The number of anilines is 1. The first-order valence-corrected chi connectivity index (χ1v) is 8.51. The van der Waals surface area contributed by atoms with Crippen LogP contribution in [0.2, 0.25) is 5.02 Å². The van der Waals surface area contributed by atoms with Crippen molar-refractivity contribution >= 4 is 17.3 Å². The summed E-state index contributed by atoms with van der Waals surface area (Å²) in [5.74, 6) is 0. The zero-order chi connectivity index (χ0) is 15.5. The van der Waals surface area contributed by atoms with Crippen LogP contribution >= 0.6 is 11.6 Å². The van der Waals surface area contributed by atoms with Gasteiger partial charge in [-0.25, -0.2) is 0 Å². The summed E-state index contributed by atoms with van der Waals surface area (Å²) in [6.07, 6.45) is 6.69. The molecule has 3 heteroatoms. The minimum atomic E-state index is 0.0971. The molecule has 0 aliphatic heterocycles. The van der Waals surface area contributed by atoms with Gasteiger partial charge in [-0.2, -0.15) is 0 Å². The molecule has 1 N–H and O–H groups in total. The largest absolute Gasteiger partial charge is 0.371 e. The smallest absolute Gasteiger partial charge is 0.0471 e. The molecule has 0 aromatic heterocycles. The van der Waals surface area contributed by atoms with Gasteiger partial charge in [0.25, 0.3) is 0 Å². The van der Waals surface area contributed by atoms with Crippen molar-refractivity contribution in [2.75, 3.05) is 11.9 Å². The molecular formula is C18H29ClN2. The molecule has 0 unspecified atom stereocenters. The lowest BCUT2D eigenvalue weighted by Crippen LogP contribution is -2.37. The van der Waals surface area contributed by atoms with Crippen LogP contribution in [0.1, 0.15) is 58.4 Å². The van der Waals surface area contributed by atoms with Crippen LogP contribution in [0.5, 0.6) is 0 Å². The van der Waals surface area contributed by atoms with E-state index in [1.807, 2.05) is 6.07 Å². The Hall–Kier alpha value is -0.730. The summed E-state index contributed by atoms with van der Waals surface area (Å²) < 4.78 is 0. The average Bonchev–Trinajstić information content (AvgIpc) is 2.45. The average molecular weight is 309 g/mol. The van der Waals surface area contributed by atoms with Gasteiger partial charge in [0, 0.05) is 41.4 Å². The van der Waals surface area contributed by atoms with Crippen molar-refractivity contribution < 1.29 is 0 Å². The van der Waals surface area contributed by atoms with E-state index in [9.17, 15) is 0 Å². The van der Waals surface area contributed by atoms with E-state index in [4.69, 9.17) is 11.6 Å². The number of benzene rings is 1. The zero-order valence-corrected chi connectivity index (χ0v) is 14.6. The van der Waals surface area contributed by atoms with Crippen LogP contribution in [0.25, 0.3) is 0 Å². The third-order valence-electron chi connectivity index (χ3n) is 4.39. The first kappa shape index (κ1) is 16.6. The summed E-state index contributed by atoms with van der Waals surface area (Å²) in [6.45, 7) is 7.38. The molecule has 118 valence electrons. The van der Waals surface area contributed by atoms with Crippen LogP contribution in [0, 0.1) is 0 Å². The fourth-order valence-corrected chi connectivity index (χ4v) is 3.31. The van der Waals surface area contributed by atoms with Gasteiger partial charge < -0.3 is 10.2 Å². The number of hydrogen-bond donors (Lipinski definition) is 1. The molecule has 0 bridgehead atoms. The Balaban J connectivity index is 2.19. The van der Waals surface area contributed by atoms with E-state index in [1.165, 1.54) is 43.4 Å². The first-order valence-electron chi connectivity index (χ1n) is 8.14. The second-order valence-electron chi connectivity index (χ2n) is 7.24. The summed E-state index contributed by atoms with van der Waals surface area (Å²) >= 11 is 6.47. The number of nitrogens with one attached hydrogen (secondary N) is 1. The van der Waals surface area contributed by atoms with Crippen molar-refractivity contribution in [1.82, 2.24) is 5.32 Å². The summed E-state index contributed by atoms with van der Waals surface area (Å²) in [5.41, 5.74) is 2.60. The molecule has 1 aliphatic carbocycles. The van der Waals surface area contributed by atoms with E-state index in [0.29, 0.717) is 6.04 Å². The summed E-state index contributed by atoms with van der Waals surface area (Å²) in [5, 5.41) is 4.43. The lowest BCUT2D eigenvalue weighted by molar-refractivity contribution is 0.418. The van der Waals surface area contributed by atoms with Crippen LogP contribution in [0.15, 0.2) is 18.2 Å². The number of halogens is 1. The molecule has 1 aromatic carbocycles. The molecule has 21 heavy (non-hydrogen) atoms. The second-order valence-corrected chi connectivity index (χ2v) is 7.65. The Morgan fingerprint density at radius 3 is 2.48 bits per heavy atom. The van der Waals surface area contributed by atoms with E-state index in [-0.39, 0.29) is 5.54 Å². The maximum absolute atomic E-state index is 6.47. The molecule has 2 nitrogen and oxygen atoms in total.